The normalized spacial score (nSPS) is 14.8. The molecule has 0 amide bonds. The fourth-order valence-electron chi connectivity index (χ4n) is 4.46. The fourth-order valence-corrected chi connectivity index (χ4v) is 4.46. The van der Waals surface area contributed by atoms with Crippen LogP contribution in [-0.2, 0) is 6.18 Å². The van der Waals surface area contributed by atoms with Crippen molar-refractivity contribution in [1.29, 1.82) is 0 Å². The van der Waals surface area contributed by atoms with E-state index in [9.17, 15) is 23.1 Å². The highest BCUT2D eigenvalue weighted by molar-refractivity contribution is 5.88. The number of H-pyrrole nitrogens is 1. The number of benzene rings is 2. The maximum Gasteiger partial charge on any atom is 0.416 e. The molecule has 1 fully saturated rings. The minimum Gasteiger partial charge on any atom is -0.493 e. The molecule has 0 aliphatic carbocycles. The second kappa shape index (κ2) is 9.76. The van der Waals surface area contributed by atoms with Gasteiger partial charge < -0.3 is 19.7 Å². The molecule has 3 heterocycles. The number of anilines is 1. The largest absolute Gasteiger partial charge is 0.493 e. The standard InChI is InChI=1S/C27H25F3N4O3/c1-16-2-3-18(26(35)36)12-23(16)37-15-17-8-10-34(11-9-17)24-7-4-19(14-31-24)25-32-21-6-5-20(27(28,29)30)13-22(21)33-25/h2-7,12-14,17H,8-11,15H2,1H3,(H,32,33)(H,35,36). The van der Waals surface area contributed by atoms with Crippen molar-refractivity contribution in [2.24, 2.45) is 5.92 Å². The number of pyridine rings is 1. The Morgan fingerprint density at radius 1 is 1.14 bits per heavy atom. The van der Waals surface area contributed by atoms with Crippen molar-refractivity contribution in [3.05, 3.63) is 71.4 Å². The molecule has 4 aromatic rings. The zero-order chi connectivity index (χ0) is 26.2. The van der Waals surface area contributed by atoms with E-state index in [1.807, 2.05) is 19.1 Å². The number of alkyl halides is 3. The number of imidazole rings is 1. The summed E-state index contributed by atoms with van der Waals surface area (Å²) < 4.78 is 44.9. The Labute approximate surface area is 210 Å². The minimum absolute atomic E-state index is 0.207. The van der Waals surface area contributed by atoms with Gasteiger partial charge in [-0.3, -0.25) is 0 Å². The number of rotatable bonds is 6. The van der Waals surface area contributed by atoms with E-state index in [1.165, 1.54) is 6.07 Å². The number of hydrogen-bond acceptors (Lipinski definition) is 5. The lowest BCUT2D eigenvalue weighted by Crippen LogP contribution is -2.36. The number of halogens is 3. The van der Waals surface area contributed by atoms with Gasteiger partial charge in [0.2, 0.25) is 0 Å². The first-order chi connectivity index (χ1) is 17.7. The molecule has 0 unspecified atom stereocenters. The third kappa shape index (κ3) is 5.37. The van der Waals surface area contributed by atoms with Gasteiger partial charge in [-0.25, -0.2) is 14.8 Å². The van der Waals surface area contributed by atoms with Gasteiger partial charge in [0, 0.05) is 24.8 Å². The molecule has 0 bridgehead atoms. The van der Waals surface area contributed by atoms with Crippen LogP contribution >= 0.6 is 0 Å². The Balaban J connectivity index is 1.19. The summed E-state index contributed by atoms with van der Waals surface area (Å²) in [5.74, 6) is 1.25. The number of ether oxygens (including phenoxy) is 1. The predicted molar refractivity (Wildman–Crippen MR) is 133 cm³/mol. The van der Waals surface area contributed by atoms with Gasteiger partial charge >= 0.3 is 12.1 Å². The second-order valence-electron chi connectivity index (χ2n) is 9.25. The average molecular weight is 511 g/mol. The monoisotopic (exact) mass is 510 g/mol. The van der Waals surface area contributed by atoms with E-state index in [0.29, 0.717) is 35.2 Å². The third-order valence-corrected chi connectivity index (χ3v) is 6.68. The van der Waals surface area contributed by atoms with Gasteiger partial charge in [0.1, 0.15) is 17.4 Å². The summed E-state index contributed by atoms with van der Waals surface area (Å²) in [6, 6.07) is 12.1. The molecule has 0 radical (unpaired) electrons. The number of nitrogens with one attached hydrogen (secondary N) is 1. The fraction of sp³-hybridized carbons (Fsp3) is 0.296. The number of carbonyl (C=O) groups is 1. The molecule has 192 valence electrons. The summed E-state index contributed by atoms with van der Waals surface area (Å²) in [4.78, 5) is 25.3. The number of aryl methyl sites for hydroxylation is 1. The van der Waals surface area contributed by atoms with E-state index in [0.717, 1.165) is 49.4 Å². The number of aromatic nitrogens is 3. The summed E-state index contributed by atoms with van der Waals surface area (Å²) in [5, 5.41) is 9.20. The van der Waals surface area contributed by atoms with Crippen LogP contribution in [0.2, 0.25) is 0 Å². The highest BCUT2D eigenvalue weighted by atomic mass is 19.4. The highest BCUT2D eigenvalue weighted by Gasteiger charge is 2.31. The van der Waals surface area contributed by atoms with E-state index in [-0.39, 0.29) is 11.1 Å². The number of aromatic amines is 1. The van der Waals surface area contributed by atoms with Crippen LogP contribution in [0.15, 0.2) is 54.7 Å². The van der Waals surface area contributed by atoms with Crippen molar-refractivity contribution in [2.75, 3.05) is 24.6 Å². The molecular formula is C27H25F3N4O3. The highest BCUT2D eigenvalue weighted by Crippen LogP contribution is 2.32. The molecule has 2 aromatic heterocycles. The van der Waals surface area contributed by atoms with Crippen LogP contribution in [0.25, 0.3) is 22.4 Å². The molecule has 2 N–H and O–H groups in total. The van der Waals surface area contributed by atoms with E-state index in [4.69, 9.17) is 4.74 Å². The summed E-state index contributed by atoms with van der Waals surface area (Å²) in [7, 11) is 0. The van der Waals surface area contributed by atoms with Crippen LogP contribution in [0.3, 0.4) is 0 Å². The number of carboxylic acids is 1. The molecule has 37 heavy (non-hydrogen) atoms. The first kappa shape index (κ1) is 24.6. The topological polar surface area (TPSA) is 91.3 Å². The molecule has 1 aliphatic heterocycles. The van der Waals surface area contributed by atoms with Gasteiger partial charge in [-0.1, -0.05) is 6.07 Å². The smallest absolute Gasteiger partial charge is 0.416 e. The Hall–Kier alpha value is -4.08. The Morgan fingerprint density at radius 3 is 2.59 bits per heavy atom. The van der Waals surface area contributed by atoms with E-state index in [2.05, 4.69) is 19.9 Å². The molecule has 10 heteroatoms. The van der Waals surface area contributed by atoms with Gasteiger partial charge in [-0.2, -0.15) is 13.2 Å². The Kier molecular flexibility index (Phi) is 6.49. The van der Waals surface area contributed by atoms with Crippen molar-refractivity contribution in [3.8, 4) is 17.1 Å². The number of fused-ring (bicyclic) bond motifs is 1. The van der Waals surface area contributed by atoms with Crippen LogP contribution in [0.5, 0.6) is 5.75 Å². The number of piperidine rings is 1. The number of carboxylic acid groups (broad SMARTS) is 1. The number of nitrogens with zero attached hydrogens (tertiary/aromatic N) is 3. The minimum atomic E-state index is -4.42. The van der Waals surface area contributed by atoms with Gasteiger partial charge in [-0.05, 0) is 73.7 Å². The van der Waals surface area contributed by atoms with Crippen LogP contribution in [0, 0.1) is 12.8 Å². The zero-order valence-corrected chi connectivity index (χ0v) is 20.0. The van der Waals surface area contributed by atoms with E-state index >= 15 is 0 Å². The van der Waals surface area contributed by atoms with E-state index in [1.54, 1.807) is 24.4 Å². The van der Waals surface area contributed by atoms with Gasteiger partial charge in [0.25, 0.3) is 0 Å². The predicted octanol–water partition coefficient (Wildman–Crippen LogP) is 5.95. The first-order valence-electron chi connectivity index (χ1n) is 11.9. The molecule has 1 saturated heterocycles. The molecule has 0 spiro atoms. The third-order valence-electron chi connectivity index (χ3n) is 6.68. The molecule has 1 aliphatic rings. The molecular weight excluding hydrogens is 485 g/mol. The molecule has 2 aromatic carbocycles. The van der Waals surface area contributed by atoms with Crippen LogP contribution < -0.4 is 9.64 Å². The quantitative estimate of drug-likeness (QED) is 0.333. The lowest BCUT2D eigenvalue weighted by Gasteiger charge is -2.32. The molecule has 7 nitrogen and oxygen atoms in total. The summed E-state index contributed by atoms with van der Waals surface area (Å²) >= 11 is 0. The Morgan fingerprint density at radius 2 is 1.92 bits per heavy atom. The summed E-state index contributed by atoms with van der Waals surface area (Å²) in [6.07, 6.45) is -0.927. The lowest BCUT2D eigenvalue weighted by molar-refractivity contribution is -0.137. The number of aromatic carboxylic acids is 1. The first-order valence-corrected chi connectivity index (χ1v) is 11.9. The summed E-state index contributed by atoms with van der Waals surface area (Å²) in [5.41, 5.74) is 1.85. The summed E-state index contributed by atoms with van der Waals surface area (Å²) in [6.45, 7) is 4.02. The van der Waals surface area contributed by atoms with Crippen molar-refractivity contribution in [3.63, 3.8) is 0 Å². The van der Waals surface area contributed by atoms with E-state index < -0.39 is 17.7 Å². The SMILES string of the molecule is Cc1ccc(C(=O)O)cc1OCC1CCN(c2ccc(-c3nc4cc(C(F)(F)F)ccc4[nH]3)cn2)CC1. The average Bonchev–Trinajstić information content (AvgIpc) is 3.32. The maximum absolute atomic E-state index is 13.0. The second-order valence-corrected chi connectivity index (χ2v) is 9.25. The van der Waals surface area contributed by atoms with Crippen LogP contribution in [0.1, 0.15) is 34.3 Å². The van der Waals surface area contributed by atoms with Crippen LogP contribution in [0.4, 0.5) is 19.0 Å². The maximum atomic E-state index is 13.0. The van der Waals surface area contributed by atoms with Crippen molar-refractivity contribution in [2.45, 2.75) is 25.9 Å². The van der Waals surface area contributed by atoms with Crippen molar-refractivity contribution in [1.82, 2.24) is 15.0 Å². The van der Waals surface area contributed by atoms with Gasteiger partial charge in [0.15, 0.2) is 0 Å². The molecule has 5 rings (SSSR count). The lowest BCUT2D eigenvalue weighted by atomic mass is 9.97. The molecule has 0 atom stereocenters. The van der Waals surface area contributed by atoms with Gasteiger partial charge in [-0.15, -0.1) is 0 Å². The van der Waals surface area contributed by atoms with Gasteiger partial charge in [0.05, 0.1) is 28.8 Å². The Bertz CT molecular complexity index is 1430. The number of hydrogen-bond donors (Lipinski definition) is 2. The molecule has 0 saturated carbocycles. The van der Waals surface area contributed by atoms with Crippen molar-refractivity contribution >= 4 is 22.8 Å². The zero-order valence-electron chi connectivity index (χ0n) is 20.0. The van der Waals surface area contributed by atoms with Crippen LogP contribution in [-0.4, -0.2) is 45.7 Å². The van der Waals surface area contributed by atoms with Crippen molar-refractivity contribution < 1.29 is 27.8 Å².